The van der Waals surface area contributed by atoms with E-state index in [-0.39, 0.29) is 12.0 Å². The van der Waals surface area contributed by atoms with E-state index in [0.29, 0.717) is 19.7 Å². The predicted molar refractivity (Wildman–Crippen MR) is 56.6 cm³/mol. The van der Waals surface area contributed by atoms with Gasteiger partial charge in [-0.05, 0) is 12.8 Å². The molecule has 1 amide bonds. The zero-order chi connectivity index (χ0) is 11.1. The Kier molecular flexibility index (Phi) is 5.60. The third kappa shape index (κ3) is 5.11. The van der Waals surface area contributed by atoms with Gasteiger partial charge in [0.15, 0.2) is 0 Å². The van der Waals surface area contributed by atoms with Gasteiger partial charge in [-0.15, -0.1) is 0 Å². The van der Waals surface area contributed by atoms with Crippen molar-refractivity contribution in [3.8, 4) is 0 Å². The molecule has 1 fully saturated rings. The number of aliphatic hydroxyl groups excluding tert-OH is 1. The first-order valence-corrected chi connectivity index (χ1v) is 5.38. The number of methoxy groups -OCH3 is 1. The lowest BCUT2D eigenvalue weighted by Gasteiger charge is -2.28. The largest absolute Gasteiger partial charge is 0.393 e. The summed E-state index contributed by atoms with van der Waals surface area (Å²) >= 11 is 0. The zero-order valence-corrected chi connectivity index (χ0v) is 9.24. The van der Waals surface area contributed by atoms with Crippen LogP contribution in [0.25, 0.3) is 0 Å². The molecule has 0 aromatic carbocycles. The smallest absolute Gasteiger partial charge is 0.234 e. The summed E-state index contributed by atoms with van der Waals surface area (Å²) in [4.78, 5) is 13.5. The van der Waals surface area contributed by atoms with Gasteiger partial charge in [0, 0.05) is 26.7 Å². The van der Waals surface area contributed by atoms with Gasteiger partial charge in [-0.1, -0.05) is 0 Å². The molecule has 1 saturated heterocycles. The molecular formula is C10H20N2O3. The van der Waals surface area contributed by atoms with Crippen molar-refractivity contribution in [3.05, 3.63) is 0 Å². The normalized spacial score (nSPS) is 19.1. The minimum atomic E-state index is -0.183. The second kappa shape index (κ2) is 6.76. The van der Waals surface area contributed by atoms with Gasteiger partial charge in [0.25, 0.3) is 0 Å². The SMILES string of the molecule is COCCNC(=O)CN1CCC(O)CC1. The Labute approximate surface area is 90.4 Å². The third-order valence-corrected chi connectivity index (χ3v) is 2.55. The number of rotatable bonds is 5. The van der Waals surface area contributed by atoms with Gasteiger partial charge in [-0.2, -0.15) is 0 Å². The quantitative estimate of drug-likeness (QED) is 0.591. The van der Waals surface area contributed by atoms with E-state index in [1.165, 1.54) is 0 Å². The van der Waals surface area contributed by atoms with Crippen LogP contribution in [0.2, 0.25) is 0 Å². The van der Waals surface area contributed by atoms with Crippen LogP contribution in [0.3, 0.4) is 0 Å². The van der Waals surface area contributed by atoms with Crippen LogP contribution in [0, 0.1) is 0 Å². The number of nitrogens with zero attached hydrogens (tertiary/aromatic N) is 1. The summed E-state index contributed by atoms with van der Waals surface area (Å²) < 4.78 is 4.83. The number of carbonyl (C=O) groups is 1. The molecule has 5 nitrogen and oxygen atoms in total. The summed E-state index contributed by atoms with van der Waals surface area (Å²) in [5.41, 5.74) is 0. The molecule has 0 bridgehead atoms. The fourth-order valence-corrected chi connectivity index (χ4v) is 1.63. The summed E-state index contributed by atoms with van der Waals surface area (Å²) in [7, 11) is 1.61. The second-order valence-corrected chi connectivity index (χ2v) is 3.85. The van der Waals surface area contributed by atoms with Gasteiger partial charge < -0.3 is 15.2 Å². The maximum Gasteiger partial charge on any atom is 0.234 e. The third-order valence-electron chi connectivity index (χ3n) is 2.55. The van der Waals surface area contributed by atoms with E-state index in [2.05, 4.69) is 10.2 Å². The number of nitrogens with one attached hydrogen (secondary N) is 1. The molecule has 0 spiro atoms. The number of hydrogen-bond acceptors (Lipinski definition) is 4. The minimum Gasteiger partial charge on any atom is -0.393 e. The van der Waals surface area contributed by atoms with Gasteiger partial charge in [0.05, 0.1) is 19.3 Å². The molecule has 2 N–H and O–H groups in total. The minimum absolute atomic E-state index is 0.0310. The number of piperidine rings is 1. The summed E-state index contributed by atoms with van der Waals surface area (Å²) in [5.74, 6) is 0.0310. The van der Waals surface area contributed by atoms with Gasteiger partial charge in [0.1, 0.15) is 0 Å². The highest BCUT2D eigenvalue weighted by molar-refractivity contribution is 5.77. The number of carbonyl (C=O) groups excluding carboxylic acids is 1. The van der Waals surface area contributed by atoms with E-state index in [1.54, 1.807) is 7.11 Å². The standard InChI is InChI=1S/C10H20N2O3/c1-15-7-4-11-10(14)8-12-5-2-9(13)3-6-12/h9,13H,2-8H2,1H3,(H,11,14). The van der Waals surface area contributed by atoms with Crippen LogP contribution in [-0.2, 0) is 9.53 Å². The lowest BCUT2D eigenvalue weighted by Crippen LogP contribution is -2.43. The highest BCUT2D eigenvalue weighted by Crippen LogP contribution is 2.08. The van der Waals surface area contributed by atoms with Crippen molar-refractivity contribution < 1.29 is 14.6 Å². The molecule has 0 aromatic heterocycles. The number of aliphatic hydroxyl groups is 1. The van der Waals surface area contributed by atoms with Crippen LogP contribution in [0.5, 0.6) is 0 Å². The van der Waals surface area contributed by atoms with Crippen molar-refractivity contribution in [2.45, 2.75) is 18.9 Å². The first-order chi connectivity index (χ1) is 7.22. The summed E-state index contributed by atoms with van der Waals surface area (Å²) in [6, 6.07) is 0. The lowest BCUT2D eigenvalue weighted by molar-refractivity contribution is -0.123. The molecule has 15 heavy (non-hydrogen) atoms. The van der Waals surface area contributed by atoms with Crippen molar-refractivity contribution in [1.82, 2.24) is 10.2 Å². The van der Waals surface area contributed by atoms with Gasteiger partial charge >= 0.3 is 0 Å². The Morgan fingerprint density at radius 1 is 1.53 bits per heavy atom. The Morgan fingerprint density at radius 2 is 2.20 bits per heavy atom. The van der Waals surface area contributed by atoms with Crippen LogP contribution >= 0.6 is 0 Å². The van der Waals surface area contributed by atoms with E-state index in [1.807, 2.05) is 0 Å². The first-order valence-electron chi connectivity index (χ1n) is 5.38. The molecule has 0 aromatic rings. The van der Waals surface area contributed by atoms with Crippen LogP contribution in [0.15, 0.2) is 0 Å². The molecule has 0 saturated carbocycles. The molecule has 1 rings (SSSR count). The van der Waals surface area contributed by atoms with Crippen molar-refractivity contribution in [1.29, 1.82) is 0 Å². The molecule has 0 aliphatic carbocycles. The average molecular weight is 216 g/mol. The Morgan fingerprint density at radius 3 is 2.80 bits per heavy atom. The molecule has 88 valence electrons. The van der Waals surface area contributed by atoms with Crippen molar-refractivity contribution in [2.24, 2.45) is 0 Å². The molecule has 1 heterocycles. The zero-order valence-electron chi connectivity index (χ0n) is 9.24. The fraction of sp³-hybridized carbons (Fsp3) is 0.900. The number of ether oxygens (including phenoxy) is 1. The lowest BCUT2D eigenvalue weighted by atomic mass is 10.1. The van der Waals surface area contributed by atoms with Crippen molar-refractivity contribution in [3.63, 3.8) is 0 Å². The highest BCUT2D eigenvalue weighted by atomic mass is 16.5. The van der Waals surface area contributed by atoms with Crippen LogP contribution in [0.1, 0.15) is 12.8 Å². The maximum absolute atomic E-state index is 11.4. The topological polar surface area (TPSA) is 61.8 Å². The molecule has 0 atom stereocenters. The number of hydrogen-bond donors (Lipinski definition) is 2. The van der Waals surface area contributed by atoms with E-state index < -0.39 is 0 Å². The summed E-state index contributed by atoms with van der Waals surface area (Å²) in [5, 5.41) is 12.1. The van der Waals surface area contributed by atoms with Gasteiger partial charge in [-0.25, -0.2) is 0 Å². The van der Waals surface area contributed by atoms with Crippen LogP contribution in [-0.4, -0.2) is 61.9 Å². The molecule has 1 aliphatic rings. The molecule has 0 radical (unpaired) electrons. The van der Waals surface area contributed by atoms with Crippen LogP contribution in [0.4, 0.5) is 0 Å². The van der Waals surface area contributed by atoms with Crippen molar-refractivity contribution >= 4 is 5.91 Å². The fourth-order valence-electron chi connectivity index (χ4n) is 1.63. The molecule has 0 unspecified atom stereocenters. The highest BCUT2D eigenvalue weighted by Gasteiger charge is 2.18. The molecular weight excluding hydrogens is 196 g/mol. The van der Waals surface area contributed by atoms with Gasteiger partial charge in [0.2, 0.25) is 5.91 Å². The van der Waals surface area contributed by atoms with Crippen molar-refractivity contribution in [2.75, 3.05) is 39.9 Å². The predicted octanol–water partition coefficient (Wildman–Crippen LogP) is -0.794. The molecule has 5 heteroatoms. The number of amides is 1. The van der Waals surface area contributed by atoms with E-state index >= 15 is 0 Å². The Bertz CT molecular complexity index is 191. The van der Waals surface area contributed by atoms with E-state index in [9.17, 15) is 9.90 Å². The summed E-state index contributed by atoms with van der Waals surface area (Å²) in [6.07, 6.45) is 1.36. The second-order valence-electron chi connectivity index (χ2n) is 3.85. The number of likely N-dealkylation sites (tertiary alicyclic amines) is 1. The molecule has 1 aliphatic heterocycles. The van der Waals surface area contributed by atoms with Gasteiger partial charge in [-0.3, -0.25) is 9.69 Å². The Hall–Kier alpha value is -0.650. The average Bonchev–Trinajstić information content (AvgIpc) is 2.22. The summed E-state index contributed by atoms with van der Waals surface area (Å²) in [6.45, 7) is 3.14. The van der Waals surface area contributed by atoms with Crippen LogP contribution < -0.4 is 5.32 Å². The van der Waals surface area contributed by atoms with E-state index in [4.69, 9.17) is 4.74 Å². The monoisotopic (exact) mass is 216 g/mol. The maximum atomic E-state index is 11.4. The first kappa shape index (κ1) is 12.4. The van der Waals surface area contributed by atoms with E-state index in [0.717, 1.165) is 25.9 Å². The Balaban J connectivity index is 2.09.